The second kappa shape index (κ2) is 4.69. The third-order valence-electron chi connectivity index (χ3n) is 2.46. The van der Waals surface area contributed by atoms with Crippen molar-refractivity contribution in [2.45, 2.75) is 12.5 Å². The predicted octanol–water partition coefficient (Wildman–Crippen LogP) is 2.50. The van der Waals surface area contributed by atoms with Crippen LogP contribution in [-0.2, 0) is 0 Å². The molecule has 1 unspecified atom stereocenters. The number of rotatable bonds is 2. The van der Waals surface area contributed by atoms with Crippen molar-refractivity contribution in [3.05, 3.63) is 28.2 Å². The molecule has 2 nitrogen and oxygen atoms in total. The normalized spacial score (nSPS) is 18.8. The number of fused-ring (bicyclic) bond motifs is 1. The first kappa shape index (κ1) is 10.5. The van der Waals surface area contributed by atoms with E-state index in [-0.39, 0.29) is 0 Å². The lowest BCUT2D eigenvalue weighted by Gasteiger charge is -2.26. The van der Waals surface area contributed by atoms with Crippen LogP contribution in [0.1, 0.15) is 18.0 Å². The minimum absolute atomic E-state index is 0.308. The van der Waals surface area contributed by atoms with Gasteiger partial charge in [0.1, 0.15) is 5.75 Å². The lowest BCUT2D eigenvalue weighted by atomic mass is 10.0. The fraction of sp³-hybridized carbons (Fsp3) is 0.333. The van der Waals surface area contributed by atoms with Crippen molar-refractivity contribution in [2.75, 3.05) is 13.2 Å². The highest BCUT2D eigenvalue weighted by Crippen LogP contribution is 2.33. The van der Waals surface area contributed by atoms with Gasteiger partial charge in [-0.25, -0.2) is 0 Å². The topological polar surface area (TPSA) is 21.3 Å². The van der Waals surface area contributed by atoms with Gasteiger partial charge in [-0.1, -0.05) is 21.9 Å². The van der Waals surface area contributed by atoms with Crippen LogP contribution in [0.25, 0.3) is 0 Å². The predicted molar refractivity (Wildman–Crippen MR) is 63.8 cm³/mol. The summed E-state index contributed by atoms with van der Waals surface area (Å²) in [5, 5.41) is 3.32. The molecule has 15 heavy (non-hydrogen) atoms. The Labute approximate surface area is 98.1 Å². The monoisotopic (exact) mass is 265 g/mol. The van der Waals surface area contributed by atoms with E-state index in [1.807, 2.05) is 12.1 Å². The van der Waals surface area contributed by atoms with Crippen LogP contribution in [0.4, 0.5) is 0 Å². The number of halogens is 1. The van der Waals surface area contributed by atoms with Crippen molar-refractivity contribution < 1.29 is 4.74 Å². The Morgan fingerprint density at radius 2 is 2.47 bits per heavy atom. The van der Waals surface area contributed by atoms with Crippen LogP contribution in [-0.4, -0.2) is 13.2 Å². The van der Waals surface area contributed by atoms with E-state index in [9.17, 15) is 0 Å². The van der Waals surface area contributed by atoms with E-state index in [0.29, 0.717) is 12.6 Å². The molecule has 1 aliphatic heterocycles. The lowest BCUT2D eigenvalue weighted by Crippen LogP contribution is -2.27. The first-order valence-electron chi connectivity index (χ1n) is 4.90. The Balaban J connectivity index is 2.25. The minimum atomic E-state index is 0.308. The second-order valence-corrected chi connectivity index (χ2v) is 4.37. The number of hydrogen-bond donors (Lipinski definition) is 1. The van der Waals surface area contributed by atoms with Crippen molar-refractivity contribution in [3.8, 4) is 18.1 Å². The Bertz CT molecular complexity index is 397. The second-order valence-electron chi connectivity index (χ2n) is 3.46. The molecule has 2 rings (SSSR count). The van der Waals surface area contributed by atoms with E-state index in [1.54, 1.807) is 0 Å². The molecule has 1 atom stereocenters. The Hall–Kier alpha value is -0.980. The summed E-state index contributed by atoms with van der Waals surface area (Å²) in [7, 11) is 0. The van der Waals surface area contributed by atoms with Gasteiger partial charge in [-0.3, -0.25) is 5.32 Å². The van der Waals surface area contributed by atoms with Gasteiger partial charge in [0.05, 0.1) is 13.2 Å². The van der Waals surface area contributed by atoms with Gasteiger partial charge in [0.25, 0.3) is 0 Å². The number of nitrogens with one attached hydrogen (secondary N) is 1. The van der Waals surface area contributed by atoms with Gasteiger partial charge in [-0.15, -0.1) is 6.42 Å². The van der Waals surface area contributed by atoms with Crippen LogP contribution in [0.5, 0.6) is 5.75 Å². The first-order chi connectivity index (χ1) is 7.31. The molecule has 1 aromatic rings. The van der Waals surface area contributed by atoms with Gasteiger partial charge in [-0.2, -0.15) is 0 Å². The summed E-state index contributed by atoms with van der Waals surface area (Å²) in [6, 6.07) is 6.37. The SMILES string of the molecule is C#CCNC1CCOc2ccc(Br)cc21. The largest absolute Gasteiger partial charge is 0.493 e. The number of terminal acetylenes is 1. The molecular weight excluding hydrogens is 254 g/mol. The lowest BCUT2D eigenvalue weighted by molar-refractivity contribution is 0.255. The van der Waals surface area contributed by atoms with Crippen LogP contribution in [0, 0.1) is 12.3 Å². The van der Waals surface area contributed by atoms with E-state index in [1.165, 1.54) is 5.56 Å². The van der Waals surface area contributed by atoms with E-state index >= 15 is 0 Å². The maximum atomic E-state index is 5.58. The van der Waals surface area contributed by atoms with Gasteiger partial charge in [0.2, 0.25) is 0 Å². The Morgan fingerprint density at radius 1 is 1.60 bits per heavy atom. The molecule has 78 valence electrons. The van der Waals surface area contributed by atoms with Crippen molar-refractivity contribution in [1.29, 1.82) is 0 Å². The van der Waals surface area contributed by atoms with E-state index in [4.69, 9.17) is 11.2 Å². The highest BCUT2D eigenvalue weighted by molar-refractivity contribution is 9.10. The maximum Gasteiger partial charge on any atom is 0.124 e. The Kier molecular flexibility index (Phi) is 3.30. The molecule has 0 aliphatic carbocycles. The molecule has 0 bridgehead atoms. The zero-order valence-electron chi connectivity index (χ0n) is 8.29. The number of benzene rings is 1. The summed E-state index contributed by atoms with van der Waals surface area (Å²) in [6.07, 6.45) is 6.21. The van der Waals surface area contributed by atoms with Gasteiger partial charge < -0.3 is 4.74 Å². The van der Waals surface area contributed by atoms with Gasteiger partial charge in [-0.05, 0) is 18.2 Å². The fourth-order valence-electron chi connectivity index (χ4n) is 1.76. The molecule has 0 amide bonds. The van der Waals surface area contributed by atoms with Gasteiger partial charge in [0, 0.05) is 22.5 Å². The standard InChI is InChI=1S/C12H12BrNO/c1-2-6-14-11-5-7-15-12-4-3-9(13)8-10(11)12/h1,3-4,8,11,14H,5-7H2. The fourth-order valence-corrected chi connectivity index (χ4v) is 2.14. The average Bonchev–Trinajstić information content (AvgIpc) is 2.26. The Morgan fingerprint density at radius 3 is 3.27 bits per heavy atom. The molecule has 0 radical (unpaired) electrons. The molecule has 0 fully saturated rings. The summed E-state index contributed by atoms with van der Waals surface area (Å²) in [4.78, 5) is 0. The average molecular weight is 266 g/mol. The summed E-state index contributed by atoms with van der Waals surface area (Å²) in [6.45, 7) is 1.34. The molecule has 0 saturated carbocycles. The third-order valence-corrected chi connectivity index (χ3v) is 2.96. The molecular formula is C12H12BrNO. The van der Waals surface area contributed by atoms with E-state index in [0.717, 1.165) is 23.2 Å². The molecule has 1 N–H and O–H groups in total. The van der Waals surface area contributed by atoms with Crippen molar-refractivity contribution in [2.24, 2.45) is 0 Å². The smallest absolute Gasteiger partial charge is 0.124 e. The van der Waals surface area contributed by atoms with Crippen LogP contribution < -0.4 is 10.1 Å². The van der Waals surface area contributed by atoms with Crippen molar-refractivity contribution in [3.63, 3.8) is 0 Å². The summed E-state index contributed by atoms with van der Waals surface area (Å²) in [5.41, 5.74) is 1.19. The molecule has 3 heteroatoms. The maximum absolute atomic E-state index is 5.58. The first-order valence-corrected chi connectivity index (χ1v) is 5.69. The third kappa shape index (κ3) is 2.34. The van der Waals surface area contributed by atoms with Crippen LogP contribution in [0.15, 0.2) is 22.7 Å². The number of ether oxygens (including phenoxy) is 1. The van der Waals surface area contributed by atoms with Crippen LogP contribution in [0.2, 0.25) is 0 Å². The van der Waals surface area contributed by atoms with Crippen LogP contribution >= 0.6 is 15.9 Å². The summed E-state index contributed by atoms with van der Waals surface area (Å²) < 4.78 is 6.64. The molecule has 1 aromatic carbocycles. The zero-order chi connectivity index (χ0) is 10.7. The molecule has 1 heterocycles. The molecule has 0 aromatic heterocycles. The summed E-state index contributed by atoms with van der Waals surface area (Å²) >= 11 is 3.46. The molecule has 0 spiro atoms. The quantitative estimate of drug-likeness (QED) is 0.830. The summed E-state index contributed by atoms with van der Waals surface area (Å²) in [5.74, 6) is 3.55. The van der Waals surface area contributed by atoms with Crippen LogP contribution in [0.3, 0.4) is 0 Å². The van der Waals surface area contributed by atoms with Gasteiger partial charge in [0.15, 0.2) is 0 Å². The minimum Gasteiger partial charge on any atom is -0.493 e. The highest BCUT2D eigenvalue weighted by Gasteiger charge is 2.20. The van der Waals surface area contributed by atoms with Gasteiger partial charge >= 0.3 is 0 Å². The zero-order valence-corrected chi connectivity index (χ0v) is 9.88. The van der Waals surface area contributed by atoms with E-state index < -0.39 is 0 Å². The molecule has 1 aliphatic rings. The highest BCUT2D eigenvalue weighted by atomic mass is 79.9. The molecule has 0 saturated heterocycles. The van der Waals surface area contributed by atoms with Crippen molar-refractivity contribution in [1.82, 2.24) is 5.32 Å². The van der Waals surface area contributed by atoms with Crippen molar-refractivity contribution >= 4 is 15.9 Å². The van der Waals surface area contributed by atoms with E-state index in [2.05, 4.69) is 33.2 Å². The number of hydrogen-bond acceptors (Lipinski definition) is 2.